The molecular weight excluding hydrogens is 206 g/mol. The predicted molar refractivity (Wildman–Crippen MR) is 71.9 cm³/mol. The zero-order chi connectivity index (χ0) is 11.9. The molecule has 17 heavy (non-hydrogen) atoms. The summed E-state index contributed by atoms with van der Waals surface area (Å²) < 4.78 is 0. The second-order valence-corrected chi connectivity index (χ2v) is 6.24. The Morgan fingerprint density at radius 1 is 1.12 bits per heavy atom. The Hall–Kier alpha value is -0.820. The highest BCUT2D eigenvalue weighted by molar-refractivity contribution is 5.34. The van der Waals surface area contributed by atoms with Gasteiger partial charge in [0.2, 0.25) is 0 Å². The average Bonchev–Trinajstić information content (AvgIpc) is 3.10. The minimum atomic E-state index is 0.0258. The summed E-state index contributed by atoms with van der Waals surface area (Å²) in [6, 6.07) is 9.10. The Bertz CT molecular complexity index is 398. The van der Waals surface area contributed by atoms with Crippen LogP contribution in [0.3, 0.4) is 0 Å². The molecular formula is C16H23N. The lowest BCUT2D eigenvalue weighted by molar-refractivity contribution is 0.348. The Morgan fingerprint density at radius 2 is 1.82 bits per heavy atom. The number of hydrogen-bond acceptors (Lipinski definition) is 1. The fourth-order valence-corrected chi connectivity index (χ4v) is 3.12. The molecule has 2 N–H and O–H groups in total. The van der Waals surface area contributed by atoms with Crippen LogP contribution >= 0.6 is 0 Å². The smallest absolute Gasteiger partial charge is 0.0411 e. The number of hydrogen-bond donors (Lipinski definition) is 1. The van der Waals surface area contributed by atoms with Crippen LogP contribution in [0.2, 0.25) is 0 Å². The molecule has 0 amide bonds. The first-order valence-corrected chi connectivity index (χ1v) is 7.07. The molecule has 3 rings (SSSR count). The molecule has 2 aliphatic carbocycles. The normalized spacial score (nSPS) is 31.2. The van der Waals surface area contributed by atoms with E-state index < -0.39 is 0 Å². The van der Waals surface area contributed by atoms with Gasteiger partial charge in [-0.3, -0.25) is 0 Å². The zero-order valence-corrected chi connectivity index (χ0v) is 10.8. The molecule has 0 heterocycles. The molecule has 2 aliphatic rings. The van der Waals surface area contributed by atoms with Gasteiger partial charge in [0.15, 0.2) is 0 Å². The minimum absolute atomic E-state index is 0.0258. The molecule has 2 fully saturated rings. The van der Waals surface area contributed by atoms with E-state index in [1.165, 1.54) is 36.8 Å². The third-order valence-corrected chi connectivity index (χ3v) is 4.74. The number of nitrogens with two attached hydrogens (primary N) is 1. The largest absolute Gasteiger partial charge is 0.321 e. The van der Waals surface area contributed by atoms with E-state index in [1.54, 1.807) is 0 Å². The molecule has 0 bridgehead atoms. The maximum absolute atomic E-state index is 6.29. The van der Waals surface area contributed by atoms with Crippen molar-refractivity contribution in [2.45, 2.75) is 56.9 Å². The standard InChI is InChI=1S/C16H23N/c1-12-5-7-13(8-6-12)14-3-2-4-15(11-14)16(17)9-10-16/h2-4,11-13H,5-10,17H2,1H3. The van der Waals surface area contributed by atoms with Gasteiger partial charge < -0.3 is 5.73 Å². The van der Waals surface area contributed by atoms with Gasteiger partial charge >= 0.3 is 0 Å². The van der Waals surface area contributed by atoms with Crippen LogP contribution in [-0.2, 0) is 5.54 Å². The molecule has 92 valence electrons. The predicted octanol–water partition coefficient (Wildman–Crippen LogP) is 3.93. The molecule has 1 nitrogen and oxygen atoms in total. The van der Waals surface area contributed by atoms with Crippen LogP contribution in [0, 0.1) is 5.92 Å². The molecule has 1 aromatic rings. The van der Waals surface area contributed by atoms with Crippen molar-refractivity contribution in [3.05, 3.63) is 35.4 Å². The molecule has 0 radical (unpaired) electrons. The Labute approximate surface area is 104 Å². The van der Waals surface area contributed by atoms with E-state index in [2.05, 4.69) is 31.2 Å². The third-order valence-electron chi connectivity index (χ3n) is 4.74. The monoisotopic (exact) mass is 229 g/mol. The number of rotatable bonds is 2. The van der Waals surface area contributed by atoms with Gasteiger partial charge in [-0.25, -0.2) is 0 Å². The first-order valence-electron chi connectivity index (χ1n) is 7.07. The Kier molecular flexibility index (Phi) is 2.74. The molecule has 0 spiro atoms. The highest BCUT2D eigenvalue weighted by Gasteiger charge is 2.40. The fraction of sp³-hybridized carbons (Fsp3) is 0.625. The van der Waals surface area contributed by atoms with Crippen molar-refractivity contribution < 1.29 is 0 Å². The summed E-state index contributed by atoms with van der Waals surface area (Å²) >= 11 is 0. The lowest BCUT2D eigenvalue weighted by Gasteiger charge is -2.27. The van der Waals surface area contributed by atoms with Crippen LogP contribution in [0.15, 0.2) is 24.3 Å². The maximum atomic E-state index is 6.29. The first kappa shape index (κ1) is 11.3. The van der Waals surface area contributed by atoms with E-state index in [9.17, 15) is 0 Å². The van der Waals surface area contributed by atoms with Crippen LogP contribution in [0.1, 0.15) is 62.5 Å². The summed E-state index contributed by atoms with van der Waals surface area (Å²) in [5, 5.41) is 0. The van der Waals surface area contributed by atoms with Gasteiger partial charge in [0, 0.05) is 5.54 Å². The molecule has 2 saturated carbocycles. The van der Waals surface area contributed by atoms with Crippen molar-refractivity contribution in [3.63, 3.8) is 0 Å². The lowest BCUT2D eigenvalue weighted by Crippen LogP contribution is -2.19. The second-order valence-electron chi connectivity index (χ2n) is 6.24. The van der Waals surface area contributed by atoms with Gasteiger partial charge in [-0.2, -0.15) is 0 Å². The van der Waals surface area contributed by atoms with E-state index in [0.29, 0.717) is 0 Å². The topological polar surface area (TPSA) is 26.0 Å². The van der Waals surface area contributed by atoms with Crippen molar-refractivity contribution in [1.82, 2.24) is 0 Å². The molecule has 1 aromatic carbocycles. The summed E-state index contributed by atoms with van der Waals surface area (Å²) in [4.78, 5) is 0. The quantitative estimate of drug-likeness (QED) is 0.817. The molecule has 0 aromatic heterocycles. The fourth-order valence-electron chi connectivity index (χ4n) is 3.12. The van der Waals surface area contributed by atoms with Crippen molar-refractivity contribution in [2.24, 2.45) is 11.7 Å². The minimum Gasteiger partial charge on any atom is -0.321 e. The summed E-state index contributed by atoms with van der Waals surface area (Å²) in [5.74, 6) is 1.72. The van der Waals surface area contributed by atoms with E-state index in [-0.39, 0.29) is 5.54 Å². The van der Waals surface area contributed by atoms with Gasteiger partial charge in [0.05, 0.1) is 0 Å². The number of benzene rings is 1. The van der Waals surface area contributed by atoms with Gasteiger partial charge in [-0.1, -0.05) is 44.0 Å². The van der Waals surface area contributed by atoms with Crippen molar-refractivity contribution >= 4 is 0 Å². The lowest BCUT2D eigenvalue weighted by atomic mass is 9.79. The molecule has 0 unspecified atom stereocenters. The van der Waals surface area contributed by atoms with Crippen LogP contribution in [0.4, 0.5) is 0 Å². The Balaban J connectivity index is 1.79. The van der Waals surface area contributed by atoms with Gasteiger partial charge in [0.1, 0.15) is 0 Å². The van der Waals surface area contributed by atoms with Crippen molar-refractivity contribution in [1.29, 1.82) is 0 Å². The highest BCUT2D eigenvalue weighted by Crippen LogP contribution is 2.44. The molecule has 0 saturated heterocycles. The van der Waals surface area contributed by atoms with Gasteiger partial charge in [-0.05, 0) is 48.6 Å². The van der Waals surface area contributed by atoms with Crippen LogP contribution in [0.25, 0.3) is 0 Å². The third kappa shape index (κ3) is 2.26. The van der Waals surface area contributed by atoms with Gasteiger partial charge in [-0.15, -0.1) is 0 Å². The molecule has 0 aliphatic heterocycles. The highest BCUT2D eigenvalue weighted by atomic mass is 14.8. The van der Waals surface area contributed by atoms with E-state index in [4.69, 9.17) is 5.73 Å². The molecule has 0 atom stereocenters. The van der Waals surface area contributed by atoms with E-state index in [1.807, 2.05) is 0 Å². The zero-order valence-electron chi connectivity index (χ0n) is 10.8. The maximum Gasteiger partial charge on any atom is 0.0411 e. The van der Waals surface area contributed by atoms with E-state index in [0.717, 1.165) is 24.7 Å². The summed E-state index contributed by atoms with van der Waals surface area (Å²) in [6.07, 6.45) is 7.84. The van der Waals surface area contributed by atoms with Crippen LogP contribution in [-0.4, -0.2) is 0 Å². The molecule has 1 heteroatoms. The Morgan fingerprint density at radius 3 is 2.47 bits per heavy atom. The summed E-state index contributed by atoms with van der Waals surface area (Å²) in [5.41, 5.74) is 9.22. The van der Waals surface area contributed by atoms with Crippen molar-refractivity contribution in [2.75, 3.05) is 0 Å². The van der Waals surface area contributed by atoms with Crippen LogP contribution in [0.5, 0.6) is 0 Å². The summed E-state index contributed by atoms with van der Waals surface area (Å²) in [7, 11) is 0. The average molecular weight is 229 g/mol. The van der Waals surface area contributed by atoms with Crippen molar-refractivity contribution in [3.8, 4) is 0 Å². The van der Waals surface area contributed by atoms with E-state index >= 15 is 0 Å². The second kappa shape index (κ2) is 4.13. The van der Waals surface area contributed by atoms with Gasteiger partial charge in [0.25, 0.3) is 0 Å². The first-order chi connectivity index (χ1) is 8.17. The summed E-state index contributed by atoms with van der Waals surface area (Å²) in [6.45, 7) is 2.38. The van der Waals surface area contributed by atoms with Crippen LogP contribution < -0.4 is 5.73 Å². The SMILES string of the molecule is CC1CCC(c2cccc(C3(N)CC3)c2)CC1.